The van der Waals surface area contributed by atoms with Gasteiger partial charge in [-0.2, -0.15) is 0 Å². The molecule has 1 unspecified atom stereocenters. The molecular weight excluding hydrogens is 457 g/mol. The van der Waals surface area contributed by atoms with Crippen molar-refractivity contribution in [1.82, 2.24) is 15.2 Å². The fourth-order valence-electron chi connectivity index (χ4n) is 5.89. The second-order valence-electron chi connectivity index (χ2n) is 10.6. The number of carbonyl (C=O) groups is 1. The number of hydrogen-bond donors (Lipinski definition) is 3. The minimum absolute atomic E-state index is 0.00206. The number of hydrogen-bond acceptors (Lipinski definition) is 4. The van der Waals surface area contributed by atoms with E-state index < -0.39 is 29.8 Å². The van der Waals surface area contributed by atoms with E-state index in [9.17, 15) is 22.8 Å². The molecule has 0 spiro atoms. The fraction of sp³-hybridized carbons (Fsp3) is 0.538. The highest BCUT2D eigenvalue weighted by atomic mass is 19.3. The molecule has 1 aliphatic heterocycles. The van der Waals surface area contributed by atoms with E-state index in [1.165, 1.54) is 31.0 Å². The molecule has 6 rings (SSSR count). The van der Waals surface area contributed by atoms with E-state index in [-0.39, 0.29) is 23.2 Å². The van der Waals surface area contributed by atoms with Gasteiger partial charge in [-0.15, -0.1) is 0 Å². The molecule has 0 bridgehead atoms. The molecule has 2 heterocycles. The lowest BCUT2D eigenvalue weighted by molar-refractivity contribution is 0.0939. The van der Waals surface area contributed by atoms with Crippen LogP contribution in [-0.2, 0) is 0 Å². The zero-order chi connectivity index (χ0) is 24.4. The van der Waals surface area contributed by atoms with Crippen LogP contribution in [0.5, 0.6) is 0 Å². The molecule has 0 radical (unpaired) electrons. The number of benzene rings is 1. The van der Waals surface area contributed by atoms with Gasteiger partial charge in [0.05, 0.1) is 22.9 Å². The third-order valence-electron chi connectivity index (χ3n) is 8.24. The number of alkyl halides is 2. The first-order chi connectivity index (χ1) is 16.8. The largest absolute Gasteiger partial charge is 0.381 e. The van der Waals surface area contributed by atoms with Crippen LogP contribution in [-0.4, -0.2) is 29.6 Å². The zero-order valence-electron chi connectivity index (χ0n) is 19.4. The van der Waals surface area contributed by atoms with E-state index in [4.69, 9.17) is 0 Å². The molecule has 4 fully saturated rings. The Morgan fingerprint density at radius 2 is 1.86 bits per heavy atom. The van der Waals surface area contributed by atoms with Crippen molar-refractivity contribution in [3.63, 3.8) is 0 Å². The number of halogens is 3. The van der Waals surface area contributed by atoms with Gasteiger partial charge >= 0.3 is 0 Å². The number of amides is 1. The summed E-state index contributed by atoms with van der Waals surface area (Å²) in [4.78, 5) is 26.4. The van der Waals surface area contributed by atoms with Crippen LogP contribution < -0.4 is 21.5 Å². The van der Waals surface area contributed by atoms with Crippen LogP contribution in [0, 0.1) is 29.5 Å². The molecule has 3 saturated carbocycles. The number of rotatable bonds is 8. The molecule has 1 saturated heterocycles. The summed E-state index contributed by atoms with van der Waals surface area (Å²) in [7, 11) is 0. The maximum atomic E-state index is 14.7. The van der Waals surface area contributed by atoms with Gasteiger partial charge in [-0.05, 0) is 49.9 Å². The molecule has 3 aliphatic carbocycles. The Labute approximate surface area is 201 Å². The molecule has 1 amide bonds. The van der Waals surface area contributed by atoms with Crippen molar-refractivity contribution in [2.24, 2.45) is 23.7 Å². The van der Waals surface area contributed by atoms with E-state index in [1.54, 1.807) is 17.7 Å². The van der Waals surface area contributed by atoms with Crippen LogP contribution in [0.1, 0.15) is 66.2 Å². The second-order valence-corrected chi connectivity index (χ2v) is 10.6. The average molecular weight is 487 g/mol. The maximum absolute atomic E-state index is 14.7. The number of pyridine rings is 1. The van der Waals surface area contributed by atoms with Crippen LogP contribution in [0.2, 0.25) is 0 Å². The number of piperidine rings is 1. The van der Waals surface area contributed by atoms with Crippen LogP contribution in [0.3, 0.4) is 0 Å². The number of fused-ring (bicyclic) bond motifs is 1. The number of nitrogens with one attached hydrogen (secondary N) is 3. The number of anilines is 1. The van der Waals surface area contributed by atoms with Gasteiger partial charge in [-0.3, -0.25) is 9.59 Å². The van der Waals surface area contributed by atoms with Crippen molar-refractivity contribution < 1.29 is 18.0 Å². The summed E-state index contributed by atoms with van der Waals surface area (Å²) >= 11 is 0. The van der Waals surface area contributed by atoms with Crippen molar-refractivity contribution in [3.8, 4) is 0 Å². The van der Waals surface area contributed by atoms with E-state index in [1.807, 2.05) is 0 Å². The van der Waals surface area contributed by atoms with Crippen molar-refractivity contribution in [1.29, 1.82) is 0 Å². The summed E-state index contributed by atoms with van der Waals surface area (Å²) in [6.45, 7) is 3.38. The minimum atomic E-state index is -2.94. The monoisotopic (exact) mass is 486 g/mol. The lowest BCUT2D eigenvalue weighted by Gasteiger charge is -2.20. The van der Waals surface area contributed by atoms with Gasteiger partial charge in [0, 0.05) is 43.0 Å². The highest BCUT2D eigenvalue weighted by Gasteiger charge is 2.53. The van der Waals surface area contributed by atoms with Crippen molar-refractivity contribution in [3.05, 3.63) is 63.3 Å². The molecule has 1 aromatic carbocycles. The Morgan fingerprint density at radius 3 is 2.54 bits per heavy atom. The molecule has 186 valence electrons. The number of nitrogens with zero attached hydrogens (tertiary/aromatic N) is 1. The van der Waals surface area contributed by atoms with Crippen LogP contribution in [0.15, 0.2) is 35.3 Å². The predicted molar refractivity (Wildman–Crippen MR) is 125 cm³/mol. The van der Waals surface area contributed by atoms with Crippen LogP contribution in [0.4, 0.5) is 18.9 Å². The first kappa shape index (κ1) is 22.6. The maximum Gasteiger partial charge on any atom is 0.266 e. The Hall–Kier alpha value is -2.81. The van der Waals surface area contributed by atoms with Gasteiger partial charge in [-0.25, -0.2) is 13.2 Å². The third kappa shape index (κ3) is 4.13. The predicted octanol–water partition coefficient (Wildman–Crippen LogP) is 4.02. The van der Waals surface area contributed by atoms with Gasteiger partial charge < -0.3 is 20.5 Å². The highest BCUT2D eigenvalue weighted by molar-refractivity contribution is 5.99. The summed E-state index contributed by atoms with van der Waals surface area (Å²) in [5, 5.41) is 9.49. The minimum Gasteiger partial charge on any atom is -0.381 e. The molecule has 9 heteroatoms. The third-order valence-corrected chi connectivity index (χ3v) is 8.24. The first-order valence-corrected chi connectivity index (χ1v) is 12.4. The normalized spacial score (nSPS) is 29.6. The topological polar surface area (TPSA) is 75.2 Å². The van der Waals surface area contributed by atoms with Gasteiger partial charge in [-0.1, -0.05) is 18.2 Å². The van der Waals surface area contributed by atoms with Gasteiger partial charge in [0.15, 0.2) is 0 Å². The first-order valence-electron chi connectivity index (χ1n) is 12.4. The highest BCUT2D eigenvalue weighted by Crippen LogP contribution is 2.56. The molecule has 6 nitrogen and oxygen atoms in total. The summed E-state index contributed by atoms with van der Waals surface area (Å²) in [6, 6.07) is 4.79. The number of aromatic nitrogens is 1. The Kier molecular flexibility index (Phi) is 5.43. The van der Waals surface area contributed by atoms with Crippen LogP contribution in [0.25, 0.3) is 0 Å². The summed E-state index contributed by atoms with van der Waals surface area (Å²) in [5.41, 5.74) is -0.0297. The Bertz CT molecular complexity index is 1220. The van der Waals surface area contributed by atoms with Gasteiger partial charge in [0.25, 0.3) is 17.9 Å². The molecular formula is C26H29F3N4O2. The fourth-order valence-corrected chi connectivity index (χ4v) is 5.89. The molecule has 3 N–H and O–H groups in total. The second kappa shape index (κ2) is 8.40. The smallest absolute Gasteiger partial charge is 0.266 e. The van der Waals surface area contributed by atoms with Crippen molar-refractivity contribution >= 4 is 11.6 Å². The Morgan fingerprint density at radius 1 is 1.14 bits per heavy atom. The molecule has 6 atom stereocenters. The molecule has 4 aliphatic rings. The van der Waals surface area contributed by atoms with E-state index in [0.717, 1.165) is 25.6 Å². The molecule has 35 heavy (non-hydrogen) atoms. The van der Waals surface area contributed by atoms with E-state index in [0.29, 0.717) is 34.9 Å². The van der Waals surface area contributed by atoms with Crippen molar-refractivity contribution in [2.45, 2.75) is 50.7 Å². The lowest BCUT2D eigenvalue weighted by Crippen LogP contribution is -2.31. The standard InChI is InChI=1S/C26H29F3N4O2/c1-12(14-3-2-4-15(23(14)27)25(28)29)31-26(35)19-11-33(21-7-16(21)13-5-6-13)22(34)8-20(19)32-24-17-9-30-10-18(17)24/h2-4,8,11-13,16-18,21,24-25,30,32H,5-7,9-10H2,1H3,(H,31,35)/t12-,16+,17-,18+,21-,24?/m1/s1. The summed E-state index contributed by atoms with van der Waals surface area (Å²) in [5.74, 6) is 0.624. The summed E-state index contributed by atoms with van der Waals surface area (Å²) in [6.07, 6.45) is 2.02. The SMILES string of the molecule is C[C@@H](NC(=O)c1cn([C@@H]2C[C@H]2C2CC2)c(=O)cc1NC1[C@H]2CNC[C@@H]12)c1cccc(C(F)F)c1F. The van der Waals surface area contributed by atoms with Gasteiger partial charge in [0.1, 0.15) is 5.82 Å². The van der Waals surface area contributed by atoms with Crippen LogP contribution >= 0.6 is 0 Å². The van der Waals surface area contributed by atoms with Gasteiger partial charge in [0.2, 0.25) is 0 Å². The zero-order valence-corrected chi connectivity index (χ0v) is 19.4. The van der Waals surface area contributed by atoms with E-state index >= 15 is 0 Å². The van der Waals surface area contributed by atoms with Crippen molar-refractivity contribution in [2.75, 3.05) is 18.4 Å². The Balaban J connectivity index is 1.28. The molecule has 1 aromatic heterocycles. The number of carbonyl (C=O) groups excluding carboxylic acids is 1. The van der Waals surface area contributed by atoms with E-state index in [2.05, 4.69) is 16.0 Å². The summed E-state index contributed by atoms with van der Waals surface area (Å²) < 4.78 is 42.7. The molecule has 2 aromatic rings. The lowest BCUT2D eigenvalue weighted by atomic mass is 10.0. The quantitative estimate of drug-likeness (QED) is 0.527. The average Bonchev–Trinajstić information content (AvgIpc) is 3.74.